The molecule has 0 aliphatic heterocycles. The van der Waals surface area contributed by atoms with Gasteiger partial charge < -0.3 is 14.3 Å². The van der Waals surface area contributed by atoms with Crippen molar-refractivity contribution < 1.29 is 32.2 Å². The highest BCUT2D eigenvalue weighted by atomic mass is 19.4. The number of ether oxygens (including phenoxy) is 1. The van der Waals surface area contributed by atoms with Crippen molar-refractivity contribution in [3.05, 3.63) is 70.6 Å². The maximum atomic E-state index is 12.8. The van der Waals surface area contributed by atoms with E-state index in [1.807, 2.05) is 18.2 Å². The predicted molar refractivity (Wildman–Crippen MR) is 115 cm³/mol. The second kappa shape index (κ2) is 8.92. The minimum Gasteiger partial charge on any atom is -0.493 e. The Bertz CT molecular complexity index is 1150. The summed E-state index contributed by atoms with van der Waals surface area (Å²) in [4.78, 5) is 15.8. The Morgan fingerprint density at radius 1 is 1.24 bits per heavy atom. The molecule has 1 N–H and O–H groups in total. The number of benzene rings is 2. The number of hydrogen-bond acceptors (Lipinski definition) is 4. The molecule has 1 aromatic heterocycles. The molecule has 0 amide bonds. The van der Waals surface area contributed by atoms with Gasteiger partial charge in [-0.1, -0.05) is 13.0 Å². The summed E-state index contributed by atoms with van der Waals surface area (Å²) in [6.07, 6.45) is -2.27. The fourth-order valence-electron chi connectivity index (χ4n) is 4.26. The zero-order chi connectivity index (χ0) is 23.8. The zero-order valence-electron chi connectivity index (χ0n) is 18.3. The number of carbonyl (C=O) groups is 1. The SMILES string of the molecule is Cc1oc(-c2ccc(C(F)(F)F)cc2)nc1CCOc1ccc2c(c1)CCC2C(C)C(=O)O. The van der Waals surface area contributed by atoms with Crippen LogP contribution in [-0.2, 0) is 23.8 Å². The Labute approximate surface area is 189 Å². The molecule has 0 saturated heterocycles. The van der Waals surface area contributed by atoms with Gasteiger partial charge in [-0.15, -0.1) is 0 Å². The summed E-state index contributed by atoms with van der Waals surface area (Å²) in [5, 5.41) is 9.30. The lowest BCUT2D eigenvalue weighted by Crippen LogP contribution is -2.17. The normalized spacial score (nSPS) is 16.5. The zero-order valence-corrected chi connectivity index (χ0v) is 18.3. The van der Waals surface area contributed by atoms with E-state index in [1.54, 1.807) is 13.8 Å². The van der Waals surface area contributed by atoms with E-state index in [0.717, 1.165) is 36.1 Å². The quantitative estimate of drug-likeness (QED) is 0.466. The van der Waals surface area contributed by atoms with Crippen LogP contribution < -0.4 is 4.74 Å². The van der Waals surface area contributed by atoms with Gasteiger partial charge in [0.2, 0.25) is 5.89 Å². The first-order chi connectivity index (χ1) is 15.6. The van der Waals surface area contributed by atoms with Gasteiger partial charge in [0.25, 0.3) is 0 Å². The van der Waals surface area contributed by atoms with E-state index < -0.39 is 23.6 Å². The Morgan fingerprint density at radius 2 is 1.97 bits per heavy atom. The number of fused-ring (bicyclic) bond motifs is 1. The number of nitrogens with zero attached hydrogens (tertiary/aromatic N) is 1. The van der Waals surface area contributed by atoms with Crippen molar-refractivity contribution in [1.29, 1.82) is 0 Å². The average molecular weight is 459 g/mol. The van der Waals surface area contributed by atoms with Crippen LogP contribution in [0.4, 0.5) is 13.2 Å². The second-order valence-electron chi connectivity index (χ2n) is 8.33. The molecule has 0 spiro atoms. The highest BCUT2D eigenvalue weighted by molar-refractivity contribution is 5.71. The number of oxazole rings is 1. The van der Waals surface area contributed by atoms with Crippen LogP contribution in [0.1, 0.15) is 47.4 Å². The van der Waals surface area contributed by atoms with Gasteiger partial charge in [0.05, 0.1) is 23.8 Å². The van der Waals surface area contributed by atoms with Crippen molar-refractivity contribution in [1.82, 2.24) is 4.98 Å². The number of alkyl halides is 3. The molecule has 1 aliphatic rings. The number of aromatic nitrogens is 1. The van der Waals surface area contributed by atoms with Crippen LogP contribution in [0.5, 0.6) is 5.75 Å². The topological polar surface area (TPSA) is 72.6 Å². The summed E-state index contributed by atoms with van der Waals surface area (Å²) < 4.78 is 49.8. The number of carboxylic acid groups (broad SMARTS) is 1. The Morgan fingerprint density at radius 3 is 2.64 bits per heavy atom. The molecule has 0 fully saturated rings. The van der Waals surface area contributed by atoms with Gasteiger partial charge in [0.1, 0.15) is 11.5 Å². The first-order valence-corrected chi connectivity index (χ1v) is 10.8. The molecule has 4 rings (SSSR count). The molecule has 33 heavy (non-hydrogen) atoms. The third-order valence-electron chi connectivity index (χ3n) is 6.19. The van der Waals surface area contributed by atoms with Crippen molar-refractivity contribution in [3.8, 4) is 17.2 Å². The van der Waals surface area contributed by atoms with Crippen LogP contribution >= 0.6 is 0 Å². The largest absolute Gasteiger partial charge is 0.493 e. The number of halogens is 3. The minimum absolute atomic E-state index is 0.0212. The monoisotopic (exact) mass is 459 g/mol. The number of aryl methyl sites for hydroxylation is 2. The van der Waals surface area contributed by atoms with Gasteiger partial charge in [0.15, 0.2) is 0 Å². The number of hydrogen-bond donors (Lipinski definition) is 1. The van der Waals surface area contributed by atoms with Gasteiger partial charge in [-0.3, -0.25) is 4.79 Å². The van der Waals surface area contributed by atoms with Gasteiger partial charge in [-0.2, -0.15) is 13.2 Å². The predicted octanol–water partition coefficient (Wildman–Crippen LogP) is 6.04. The molecule has 2 aromatic carbocycles. The van der Waals surface area contributed by atoms with Crippen LogP contribution in [0.15, 0.2) is 46.9 Å². The summed E-state index contributed by atoms with van der Waals surface area (Å²) in [7, 11) is 0. The van der Waals surface area contributed by atoms with Crippen molar-refractivity contribution in [2.45, 2.75) is 45.2 Å². The van der Waals surface area contributed by atoms with Gasteiger partial charge in [0, 0.05) is 12.0 Å². The number of carboxylic acids is 1. The summed E-state index contributed by atoms with van der Waals surface area (Å²) in [6, 6.07) is 10.5. The first kappa shape index (κ1) is 22.9. The van der Waals surface area contributed by atoms with Gasteiger partial charge in [-0.05, 0) is 73.2 Å². The van der Waals surface area contributed by atoms with Gasteiger partial charge >= 0.3 is 12.1 Å². The molecule has 5 nitrogen and oxygen atoms in total. The van der Waals surface area contributed by atoms with E-state index in [4.69, 9.17) is 9.15 Å². The maximum Gasteiger partial charge on any atom is 0.416 e. The Kier molecular flexibility index (Phi) is 6.19. The number of rotatable bonds is 7. The van der Waals surface area contributed by atoms with Crippen LogP contribution in [-0.4, -0.2) is 22.7 Å². The van der Waals surface area contributed by atoms with Crippen molar-refractivity contribution in [2.24, 2.45) is 5.92 Å². The Balaban J connectivity index is 1.38. The maximum absolute atomic E-state index is 12.8. The fraction of sp³-hybridized carbons (Fsp3) is 0.360. The molecule has 0 saturated carbocycles. The molecule has 0 bridgehead atoms. The summed E-state index contributed by atoms with van der Waals surface area (Å²) in [5.74, 6) is 0.383. The van der Waals surface area contributed by atoms with Crippen LogP contribution in [0.2, 0.25) is 0 Å². The minimum atomic E-state index is -4.39. The fourth-order valence-corrected chi connectivity index (χ4v) is 4.26. The third-order valence-corrected chi connectivity index (χ3v) is 6.19. The lowest BCUT2D eigenvalue weighted by molar-refractivity contribution is -0.142. The molecular weight excluding hydrogens is 435 g/mol. The van der Waals surface area contributed by atoms with E-state index in [0.29, 0.717) is 35.8 Å². The third kappa shape index (κ3) is 4.89. The van der Waals surface area contributed by atoms with Crippen LogP contribution in [0.25, 0.3) is 11.5 Å². The Hall–Kier alpha value is -3.29. The molecule has 0 radical (unpaired) electrons. The molecule has 8 heteroatoms. The van der Waals surface area contributed by atoms with E-state index in [9.17, 15) is 23.1 Å². The molecule has 2 atom stereocenters. The number of aliphatic carboxylic acids is 1. The molecule has 3 aromatic rings. The second-order valence-corrected chi connectivity index (χ2v) is 8.33. The standard InChI is InChI=1S/C25H24F3NO4/c1-14(24(30)31)20-9-5-17-13-19(8-10-21(17)20)32-12-11-22-15(2)33-23(29-22)16-3-6-18(7-4-16)25(26,27)28/h3-4,6-8,10,13-14,20H,5,9,11-12H2,1-2H3,(H,30,31). The van der Waals surface area contributed by atoms with E-state index in [2.05, 4.69) is 4.98 Å². The average Bonchev–Trinajstić information content (AvgIpc) is 3.36. The van der Waals surface area contributed by atoms with Crippen molar-refractivity contribution in [2.75, 3.05) is 6.61 Å². The lowest BCUT2D eigenvalue weighted by Gasteiger charge is -2.16. The van der Waals surface area contributed by atoms with E-state index in [1.165, 1.54) is 12.1 Å². The van der Waals surface area contributed by atoms with E-state index >= 15 is 0 Å². The molecular formula is C25H24F3NO4. The highest BCUT2D eigenvalue weighted by Crippen LogP contribution is 2.40. The van der Waals surface area contributed by atoms with Crippen molar-refractivity contribution in [3.63, 3.8) is 0 Å². The van der Waals surface area contributed by atoms with Crippen LogP contribution in [0.3, 0.4) is 0 Å². The lowest BCUT2D eigenvalue weighted by atomic mass is 9.89. The smallest absolute Gasteiger partial charge is 0.416 e. The van der Waals surface area contributed by atoms with Gasteiger partial charge in [-0.25, -0.2) is 4.98 Å². The first-order valence-electron chi connectivity index (χ1n) is 10.8. The molecule has 1 aliphatic carbocycles. The summed E-state index contributed by atoms with van der Waals surface area (Å²) in [5.41, 5.74) is 2.63. The van der Waals surface area contributed by atoms with Crippen molar-refractivity contribution >= 4 is 5.97 Å². The highest BCUT2D eigenvalue weighted by Gasteiger charge is 2.31. The summed E-state index contributed by atoms with van der Waals surface area (Å²) >= 11 is 0. The summed E-state index contributed by atoms with van der Waals surface area (Å²) in [6.45, 7) is 3.86. The van der Waals surface area contributed by atoms with E-state index in [-0.39, 0.29) is 11.8 Å². The molecule has 2 unspecified atom stereocenters. The van der Waals surface area contributed by atoms with Crippen LogP contribution in [0, 0.1) is 12.8 Å². The molecule has 174 valence electrons. The molecule has 1 heterocycles.